The predicted molar refractivity (Wildman–Crippen MR) is 61.2 cm³/mol. The summed E-state index contributed by atoms with van der Waals surface area (Å²) >= 11 is 0. The number of carbonyl (C=O) groups excluding carboxylic acids is 1. The van der Waals surface area contributed by atoms with Gasteiger partial charge >= 0.3 is 17.1 Å². The summed E-state index contributed by atoms with van der Waals surface area (Å²) in [6.45, 7) is 2.70. The second-order valence-corrected chi connectivity index (χ2v) is 3.46. The van der Waals surface area contributed by atoms with Gasteiger partial charge in [0.25, 0.3) is 0 Å². The standard InChI is InChI=1S/C8H12.C5H8O2.Cu/c1-2-4-6-8-7-5-3-1;1-4(6)3-5(2)7;/h1-2,7-8H,3-6H2;3,6H,1-2H3;/q;;+1/p-1/b2-1-,8-7?;4-3-;. The summed E-state index contributed by atoms with van der Waals surface area (Å²) in [5.74, 6) is -0.375. The maximum atomic E-state index is 9.98. The average Bonchev–Trinajstić information content (AvgIpc) is 1.99. The molecule has 0 aromatic heterocycles. The zero-order valence-electron chi connectivity index (χ0n) is 9.83. The number of carbonyl (C=O) groups is 1. The van der Waals surface area contributed by atoms with Crippen LogP contribution in [0.4, 0.5) is 0 Å². The Labute approximate surface area is 109 Å². The van der Waals surface area contributed by atoms with E-state index in [9.17, 15) is 9.90 Å². The fourth-order valence-corrected chi connectivity index (χ4v) is 1.14. The van der Waals surface area contributed by atoms with E-state index in [1.807, 2.05) is 0 Å². The number of rotatable bonds is 1. The van der Waals surface area contributed by atoms with E-state index in [0.717, 1.165) is 6.08 Å². The molecule has 0 amide bonds. The van der Waals surface area contributed by atoms with Crippen molar-refractivity contribution in [3.8, 4) is 0 Å². The molecule has 94 valence electrons. The van der Waals surface area contributed by atoms with Crippen LogP contribution in [0.25, 0.3) is 0 Å². The van der Waals surface area contributed by atoms with Crippen LogP contribution in [0, 0.1) is 0 Å². The first-order chi connectivity index (χ1) is 7.13. The first-order valence-corrected chi connectivity index (χ1v) is 5.29. The molecular formula is C13H19CuO2. The molecule has 0 radical (unpaired) electrons. The molecule has 1 rings (SSSR count). The van der Waals surface area contributed by atoms with Crippen LogP contribution in [0.1, 0.15) is 39.5 Å². The van der Waals surface area contributed by atoms with Crippen LogP contribution in [0.5, 0.6) is 0 Å². The van der Waals surface area contributed by atoms with Crippen molar-refractivity contribution in [3.05, 3.63) is 36.1 Å². The van der Waals surface area contributed by atoms with Gasteiger partial charge in [-0.05, 0) is 38.7 Å². The van der Waals surface area contributed by atoms with Crippen molar-refractivity contribution in [2.75, 3.05) is 0 Å². The normalized spacial score (nSPS) is 17.0. The van der Waals surface area contributed by atoms with Crippen molar-refractivity contribution in [1.29, 1.82) is 0 Å². The van der Waals surface area contributed by atoms with E-state index < -0.39 is 0 Å². The van der Waals surface area contributed by atoms with Crippen molar-refractivity contribution in [2.45, 2.75) is 39.5 Å². The molecule has 0 bridgehead atoms. The van der Waals surface area contributed by atoms with E-state index in [0.29, 0.717) is 0 Å². The fourth-order valence-electron chi connectivity index (χ4n) is 1.14. The molecular weight excluding hydrogens is 252 g/mol. The van der Waals surface area contributed by atoms with Crippen LogP contribution < -0.4 is 5.11 Å². The molecule has 0 aromatic carbocycles. The first-order valence-electron chi connectivity index (χ1n) is 5.29. The Balaban J connectivity index is 0. The van der Waals surface area contributed by atoms with Crippen molar-refractivity contribution in [1.82, 2.24) is 0 Å². The monoisotopic (exact) mass is 270 g/mol. The first kappa shape index (κ1) is 17.6. The topological polar surface area (TPSA) is 40.1 Å². The smallest absolute Gasteiger partial charge is 0.876 e. The van der Waals surface area contributed by atoms with Crippen LogP contribution in [-0.2, 0) is 21.9 Å². The van der Waals surface area contributed by atoms with Crippen LogP contribution in [0.15, 0.2) is 36.1 Å². The Morgan fingerprint density at radius 2 is 1.31 bits per heavy atom. The maximum absolute atomic E-state index is 9.98. The molecule has 0 heterocycles. The second kappa shape index (κ2) is 12.3. The zero-order chi connectivity index (χ0) is 11.5. The maximum Gasteiger partial charge on any atom is 1.00 e. The summed E-state index contributed by atoms with van der Waals surface area (Å²) in [5, 5.41) is 9.98. The van der Waals surface area contributed by atoms with Crippen molar-refractivity contribution in [2.24, 2.45) is 0 Å². The van der Waals surface area contributed by atoms with Gasteiger partial charge in [-0.25, -0.2) is 0 Å². The van der Waals surface area contributed by atoms with E-state index in [1.165, 1.54) is 39.5 Å². The van der Waals surface area contributed by atoms with Gasteiger partial charge in [0.1, 0.15) is 0 Å². The van der Waals surface area contributed by atoms with Gasteiger partial charge in [-0.2, -0.15) is 0 Å². The molecule has 16 heavy (non-hydrogen) atoms. The molecule has 0 saturated carbocycles. The van der Waals surface area contributed by atoms with Gasteiger partial charge in [-0.3, -0.25) is 4.79 Å². The van der Waals surface area contributed by atoms with Crippen LogP contribution in [0.3, 0.4) is 0 Å². The molecule has 0 N–H and O–H groups in total. The SMILES string of the molecule is C1=CCC/C=C\CC1.CC(=O)/C=C(/C)[O-].[Cu+]. The van der Waals surface area contributed by atoms with Gasteiger partial charge in [0.2, 0.25) is 0 Å². The Morgan fingerprint density at radius 3 is 1.44 bits per heavy atom. The second-order valence-electron chi connectivity index (χ2n) is 3.46. The average molecular weight is 271 g/mol. The number of hydrogen-bond acceptors (Lipinski definition) is 2. The van der Waals surface area contributed by atoms with Crippen molar-refractivity contribution >= 4 is 5.78 Å². The molecule has 0 aromatic rings. The molecule has 1 aliphatic rings. The van der Waals surface area contributed by atoms with Crippen molar-refractivity contribution < 1.29 is 27.0 Å². The molecule has 1 aliphatic carbocycles. The van der Waals surface area contributed by atoms with E-state index in [1.54, 1.807) is 0 Å². The van der Waals surface area contributed by atoms with E-state index >= 15 is 0 Å². The Morgan fingerprint density at radius 1 is 1.00 bits per heavy atom. The van der Waals surface area contributed by atoms with Crippen molar-refractivity contribution in [3.63, 3.8) is 0 Å². The molecule has 2 nitrogen and oxygen atoms in total. The zero-order valence-corrected chi connectivity index (χ0v) is 10.8. The van der Waals surface area contributed by atoms with Crippen LogP contribution in [-0.4, -0.2) is 5.78 Å². The summed E-state index contributed by atoms with van der Waals surface area (Å²) in [6.07, 6.45) is 15.1. The molecule has 3 heteroatoms. The summed E-state index contributed by atoms with van der Waals surface area (Å²) in [6, 6.07) is 0. The molecule has 0 spiro atoms. The van der Waals surface area contributed by atoms with E-state index in [2.05, 4.69) is 24.3 Å². The third-order valence-corrected chi connectivity index (χ3v) is 1.74. The van der Waals surface area contributed by atoms with Gasteiger partial charge in [0.05, 0.1) is 0 Å². The van der Waals surface area contributed by atoms with Gasteiger partial charge in [-0.1, -0.05) is 31.2 Å². The molecule has 0 aliphatic heterocycles. The summed E-state index contributed by atoms with van der Waals surface area (Å²) in [7, 11) is 0. The Hall–Kier alpha value is -0.791. The van der Waals surface area contributed by atoms with Gasteiger partial charge in [0.15, 0.2) is 5.78 Å². The quantitative estimate of drug-likeness (QED) is 0.318. The third-order valence-electron chi connectivity index (χ3n) is 1.74. The minimum absolute atomic E-state index is 0. The number of allylic oxidation sites excluding steroid dienone is 6. The van der Waals surface area contributed by atoms with Gasteiger partial charge < -0.3 is 5.11 Å². The van der Waals surface area contributed by atoms with Crippen LogP contribution in [0.2, 0.25) is 0 Å². The Bertz CT molecular complexity index is 235. The Kier molecular flexibility index (Phi) is 13.5. The minimum Gasteiger partial charge on any atom is -0.876 e. The molecule has 0 unspecified atom stereocenters. The third kappa shape index (κ3) is 15.7. The predicted octanol–water partition coefficient (Wildman–Crippen LogP) is 2.51. The molecule has 0 fully saturated rings. The summed E-state index contributed by atoms with van der Waals surface area (Å²) in [4.78, 5) is 9.98. The van der Waals surface area contributed by atoms with Crippen LogP contribution >= 0.6 is 0 Å². The largest absolute Gasteiger partial charge is 1.00 e. The van der Waals surface area contributed by atoms with Gasteiger partial charge in [0, 0.05) is 0 Å². The molecule has 0 atom stereocenters. The van der Waals surface area contributed by atoms with E-state index in [4.69, 9.17) is 0 Å². The number of ketones is 1. The summed E-state index contributed by atoms with van der Waals surface area (Å²) < 4.78 is 0. The fraction of sp³-hybridized carbons (Fsp3) is 0.462. The minimum atomic E-state index is -0.187. The van der Waals surface area contributed by atoms with Gasteiger partial charge in [-0.15, -0.1) is 5.76 Å². The summed E-state index contributed by atoms with van der Waals surface area (Å²) in [5.41, 5.74) is 0. The van der Waals surface area contributed by atoms with E-state index in [-0.39, 0.29) is 28.6 Å². The number of hydrogen-bond donors (Lipinski definition) is 0. The molecule has 0 saturated heterocycles.